The molecule has 146 valence electrons. The van der Waals surface area contributed by atoms with E-state index in [1.165, 1.54) is 75.8 Å². The van der Waals surface area contributed by atoms with Crippen molar-refractivity contribution in [2.45, 2.75) is 0 Å². The van der Waals surface area contributed by atoms with E-state index in [1.807, 2.05) is 0 Å². The first-order valence-corrected chi connectivity index (χ1v) is 11.2. The van der Waals surface area contributed by atoms with Crippen molar-refractivity contribution in [2.75, 3.05) is 0 Å². The molecule has 0 unspecified atom stereocenters. The summed E-state index contributed by atoms with van der Waals surface area (Å²) in [7, 11) is 0. The van der Waals surface area contributed by atoms with Gasteiger partial charge in [0, 0.05) is 0 Å². The van der Waals surface area contributed by atoms with Crippen molar-refractivity contribution in [3.63, 3.8) is 0 Å². The molecule has 7 aromatic rings. The van der Waals surface area contributed by atoms with E-state index in [1.54, 1.807) is 0 Å². The Morgan fingerprint density at radius 3 is 1.50 bits per heavy atom. The molecule has 0 fully saturated rings. The van der Waals surface area contributed by atoms with Crippen LogP contribution in [-0.4, -0.2) is 0 Å². The second-order valence-electron chi connectivity index (χ2n) is 9.09. The van der Waals surface area contributed by atoms with Crippen molar-refractivity contribution in [1.29, 1.82) is 0 Å². The van der Waals surface area contributed by atoms with Crippen LogP contribution in [0.4, 0.5) is 0 Å². The average molecular weight is 402 g/mol. The second-order valence-corrected chi connectivity index (χ2v) is 9.09. The standard InChI is InChI=1S/C32H18/c1-2-5-21-11-24-14-26-16-28-18-31-29(12-22-7-3-6-19-8-9-30(31)32(19)22)17-27(28)15-25(26)13-23(24)10-20(21)4-1/h1-18H. The maximum absolute atomic E-state index is 2.38. The van der Waals surface area contributed by atoms with E-state index in [0.717, 1.165) is 0 Å². The first-order chi connectivity index (χ1) is 15.8. The molecule has 0 saturated heterocycles. The minimum absolute atomic E-state index is 1.29. The number of rotatable bonds is 0. The minimum atomic E-state index is 1.29. The second kappa shape index (κ2) is 5.75. The van der Waals surface area contributed by atoms with Gasteiger partial charge in [-0.2, -0.15) is 0 Å². The van der Waals surface area contributed by atoms with Gasteiger partial charge in [0.2, 0.25) is 0 Å². The summed E-state index contributed by atoms with van der Waals surface area (Å²) in [6.45, 7) is 0. The molecule has 32 heavy (non-hydrogen) atoms. The molecule has 8 rings (SSSR count). The zero-order chi connectivity index (χ0) is 20.8. The van der Waals surface area contributed by atoms with E-state index in [0.29, 0.717) is 0 Å². The lowest BCUT2D eigenvalue weighted by Gasteiger charge is -2.11. The number of hydrogen-bond donors (Lipinski definition) is 0. The van der Waals surface area contributed by atoms with Gasteiger partial charge < -0.3 is 0 Å². The fourth-order valence-corrected chi connectivity index (χ4v) is 5.67. The maximum Gasteiger partial charge on any atom is -0.00324 e. The average Bonchev–Trinajstić information content (AvgIpc) is 3.25. The molecule has 0 nitrogen and oxygen atoms in total. The van der Waals surface area contributed by atoms with Gasteiger partial charge in [-0.1, -0.05) is 54.6 Å². The van der Waals surface area contributed by atoms with Gasteiger partial charge in [-0.3, -0.25) is 0 Å². The molecular formula is C32H18. The van der Waals surface area contributed by atoms with Crippen LogP contribution >= 0.6 is 0 Å². The Morgan fingerprint density at radius 2 is 0.844 bits per heavy atom. The van der Waals surface area contributed by atoms with Gasteiger partial charge in [-0.05, 0) is 130 Å². The number of benzene rings is 7. The molecule has 0 amide bonds. The molecule has 0 heteroatoms. The minimum Gasteiger partial charge on any atom is -0.0616 e. The fraction of sp³-hybridized carbons (Fsp3) is 0. The van der Waals surface area contributed by atoms with Crippen LogP contribution in [-0.2, 0) is 0 Å². The highest BCUT2D eigenvalue weighted by molar-refractivity contribution is 6.18. The van der Waals surface area contributed by atoms with E-state index >= 15 is 0 Å². The van der Waals surface area contributed by atoms with Gasteiger partial charge >= 0.3 is 0 Å². The van der Waals surface area contributed by atoms with Crippen molar-refractivity contribution in [3.05, 3.63) is 108 Å². The summed E-state index contributed by atoms with van der Waals surface area (Å²) in [5.41, 5.74) is 2.69. The third-order valence-corrected chi connectivity index (χ3v) is 7.21. The lowest BCUT2D eigenvalue weighted by Crippen LogP contribution is -1.85. The van der Waals surface area contributed by atoms with E-state index in [-0.39, 0.29) is 0 Å². The molecule has 1 aliphatic carbocycles. The van der Waals surface area contributed by atoms with Crippen LogP contribution in [0.15, 0.2) is 97.1 Å². The molecule has 0 bridgehead atoms. The molecule has 0 aliphatic heterocycles. The molecule has 1 aliphatic rings. The number of hydrogen-bond acceptors (Lipinski definition) is 0. The van der Waals surface area contributed by atoms with Crippen LogP contribution in [0.25, 0.3) is 76.8 Å². The highest BCUT2D eigenvalue weighted by Gasteiger charge is 2.13. The maximum atomic E-state index is 2.38. The molecule has 0 heterocycles. The number of fused-ring (bicyclic) bond motifs is 6. The molecule has 0 spiro atoms. The summed E-state index contributed by atoms with van der Waals surface area (Å²) >= 11 is 0. The quantitative estimate of drug-likeness (QED) is 0.222. The van der Waals surface area contributed by atoms with Gasteiger partial charge in [0.05, 0.1) is 0 Å². The Bertz CT molecular complexity index is 1970. The van der Waals surface area contributed by atoms with Crippen LogP contribution in [0.5, 0.6) is 0 Å². The van der Waals surface area contributed by atoms with Crippen molar-refractivity contribution in [3.8, 4) is 0 Å². The highest BCUT2D eigenvalue weighted by atomic mass is 14.2. The van der Waals surface area contributed by atoms with Crippen LogP contribution < -0.4 is 0 Å². The van der Waals surface area contributed by atoms with Crippen LogP contribution in [0.1, 0.15) is 11.1 Å². The molecule has 0 aromatic heterocycles. The lowest BCUT2D eigenvalue weighted by atomic mass is 9.93. The van der Waals surface area contributed by atoms with Crippen LogP contribution in [0, 0.1) is 0 Å². The highest BCUT2D eigenvalue weighted by Crippen LogP contribution is 2.39. The van der Waals surface area contributed by atoms with Gasteiger partial charge in [0.15, 0.2) is 0 Å². The third-order valence-electron chi connectivity index (χ3n) is 7.21. The van der Waals surface area contributed by atoms with Crippen molar-refractivity contribution >= 4 is 76.8 Å². The molecular weight excluding hydrogens is 384 g/mol. The first-order valence-electron chi connectivity index (χ1n) is 11.2. The largest absolute Gasteiger partial charge is 0.0616 e. The molecule has 7 aromatic carbocycles. The lowest BCUT2D eigenvalue weighted by molar-refractivity contribution is 1.76. The fourth-order valence-electron chi connectivity index (χ4n) is 5.67. The summed E-state index contributed by atoms with van der Waals surface area (Å²) in [5, 5.41) is 15.8. The summed E-state index contributed by atoms with van der Waals surface area (Å²) in [4.78, 5) is 0. The first kappa shape index (κ1) is 16.5. The topological polar surface area (TPSA) is 0 Å². The normalized spacial score (nSPS) is 12.9. The Balaban J connectivity index is 1.47. The molecule has 0 saturated carbocycles. The van der Waals surface area contributed by atoms with E-state index in [4.69, 9.17) is 0 Å². The van der Waals surface area contributed by atoms with E-state index in [9.17, 15) is 0 Å². The van der Waals surface area contributed by atoms with Crippen molar-refractivity contribution in [2.24, 2.45) is 0 Å². The zero-order valence-corrected chi connectivity index (χ0v) is 17.4. The summed E-state index contributed by atoms with van der Waals surface area (Å²) in [6, 6.07) is 36.3. The van der Waals surface area contributed by atoms with E-state index < -0.39 is 0 Å². The van der Waals surface area contributed by atoms with Crippen molar-refractivity contribution < 1.29 is 0 Å². The van der Waals surface area contributed by atoms with Gasteiger partial charge in [-0.25, -0.2) is 0 Å². The van der Waals surface area contributed by atoms with Gasteiger partial charge in [0.1, 0.15) is 0 Å². The SMILES string of the molecule is C1=Cc2c3cc4cc5cc6cc7ccccc7cc6cc5cc4cc3cc3cccc1c23. The Hall–Kier alpha value is -4.16. The summed E-state index contributed by atoms with van der Waals surface area (Å²) in [6.07, 6.45) is 4.53. The summed E-state index contributed by atoms with van der Waals surface area (Å²) in [5.74, 6) is 0. The predicted octanol–water partition coefficient (Wildman–Crippen LogP) is 9.09. The molecule has 0 N–H and O–H groups in total. The Kier molecular flexibility index (Phi) is 2.97. The Morgan fingerprint density at radius 1 is 0.344 bits per heavy atom. The third kappa shape index (κ3) is 2.16. The zero-order valence-electron chi connectivity index (χ0n) is 17.4. The molecule has 0 atom stereocenters. The van der Waals surface area contributed by atoms with E-state index in [2.05, 4.69) is 109 Å². The molecule has 0 radical (unpaired) electrons. The van der Waals surface area contributed by atoms with Crippen LogP contribution in [0.3, 0.4) is 0 Å². The van der Waals surface area contributed by atoms with Gasteiger partial charge in [-0.15, -0.1) is 0 Å². The summed E-state index contributed by atoms with van der Waals surface area (Å²) < 4.78 is 0. The smallest absolute Gasteiger partial charge is 0.00324 e. The van der Waals surface area contributed by atoms with Crippen molar-refractivity contribution in [1.82, 2.24) is 0 Å². The van der Waals surface area contributed by atoms with Crippen LogP contribution in [0.2, 0.25) is 0 Å². The predicted molar refractivity (Wildman–Crippen MR) is 140 cm³/mol. The van der Waals surface area contributed by atoms with Gasteiger partial charge in [0.25, 0.3) is 0 Å². The monoisotopic (exact) mass is 402 g/mol. The Labute approximate surface area is 185 Å².